The molecule has 0 fully saturated rings. The number of halogens is 7. The molecular weight excluding hydrogens is 600 g/mol. The number of rotatable bonds is 6. The molecule has 0 aliphatic heterocycles. The summed E-state index contributed by atoms with van der Waals surface area (Å²) in [6, 6.07) is 8.46. The maximum absolute atomic E-state index is 13.8. The van der Waals surface area contributed by atoms with Gasteiger partial charge in [-0.15, -0.1) is 0 Å². The number of H-pyrrole nitrogens is 1. The van der Waals surface area contributed by atoms with Gasteiger partial charge in [-0.25, -0.2) is 8.42 Å². The van der Waals surface area contributed by atoms with Crippen molar-refractivity contribution in [1.82, 2.24) is 4.98 Å². The normalized spacial score (nSPS) is 13.1. The number of alkyl halides is 6. The second-order valence-electron chi connectivity index (χ2n) is 8.16. The van der Waals surface area contributed by atoms with Crippen molar-refractivity contribution >= 4 is 42.5 Å². The van der Waals surface area contributed by atoms with Crippen LogP contribution in [0.4, 0.5) is 26.3 Å². The molecule has 4 aromatic rings. The summed E-state index contributed by atoms with van der Waals surface area (Å²) in [5, 5.41) is 0.166. The molecule has 3 aromatic carbocycles. The maximum Gasteiger partial charge on any atom is 0.420 e. The summed E-state index contributed by atoms with van der Waals surface area (Å²) in [5.41, 5.74) is -4.72. The maximum atomic E-state index is 13.8. The van der Waals surface area contributed by atoms with E-state index in [0.717, 1.165) is 18.3 Å². The van der Waals surface area contributed by atoms with Crippen molar-refractivity contribution < 1.29 is 52.5 Å². The van der Waals surface area contributed by atoms with E-state index < -0.39 is 66.3 Å². The van der Waals surface area contributed by atoms with Crippen LogP contribution < -0.4 is 4.74 Å². The van der Waals surface area contributed by atoms with Gasteiger partial charge in [0.2, 0.25) is 9.84 Å². The van der Waals surface area contributed by atoms with E-state index in [0.29, 0.717) is 0 Å². The minimum atomic E-state index is -5.44. The zero-order valence-electron chi connectivity index (χ0n) is 18.9. The molecule has 0 saturated carbocycles. The first kappa shape index (κ1) is 28.7. The number of hydrogen-bond donors (Lipinski definition) is 2. The fourth-order valence-electron chi connectivity index (χ4n) is 3.73. The van der Waals surface area contributed by atoms with Crippen LogP contribution in [0.15, 0.2) is 70.6 Å². The minimum Gasteiger partial charge on any atom is -0.456 e. The Labute approximate surface area is 221 Å². The molecule has 0 unspecified atom stereocenters. The molecule has 1 aromatic heterocycles. The van der Waals surface area contributed by atoms with Gasteiger partial charge in [-0.2, -0.15) is 34.8 Å². The number of nitrogens with one attached hydrogen (secondary N) is 1. The molecule has 208 valence electrons. The van der Waals surface area contributed by atoms with Gasteiger partial charge < -0.3 is 9.72 Å². The molecule has 1 heterocycles. The number of aromatic amines is 1. The average molecular weight is 614 g/mol. The Morgan fingerprint density at radius 3 is 1.92 bits per heavy atom. The van der Waals surface area contributed by atoms with Crippen LogP contribution in [0, 0.1) is 0 Å². The second kappa shape index (κ2) is 9.73. The lowest BCUT2D eigenvalue weighted by Crippen LogP contribution is -2.16. The molecule has 0 spiro atoms. The highest BCUT2D eigenvalue weighted by Crippen LogP contribution is 2.47. The van der Waals surface area contributed by atoms with Gasteiger partial charge in [-0.1, -0.05) is 11.6 Å². The number of fused-ring (bicyclic) bond motifs is 1. The van der Waals surface area contributed by atoms with Crippen molar-refractivity contribution in [1.29, 1.82) is 0 Å². The van der Waals surface area contributed by atoms with Gasteiger partial charge in [-0.3, -0.25) is 4.55 Å². The number of benzene rings is 3. The Morgan fingerprint density at radius 1 is 0.846 bits per heavy atom. The molecule has 0 aliphatic rings. The van der Waals surface area contributed by atoms with E-state index in [2.05, 4.69) is 4.98 Å². The molecule has 0 amide bonds. The van der Waals surface area contributed by atoms with E-state index in [1.807, 2.05) is 0 Å². The fourth-order valence-corrected chi connectivity index (χ4v) is 5.87. The topological polar surface area (TPSA) is 114 Å². The fraction of sp³-hybridized carbons (Fsp3) is 0.130. The van der Waals surface area contributed by atoms with Crippen molar-refractivity contribution in [2.24, 2.45) is 0 Å². The summed E-state index contributed by atoms with van der Waals surface area (Å²) in [4.78, 5) is 2.16. The molecule has 16 heteroatoms. The third-order valence-corrected chi connectivity index (χ3v) is 8.12. The Balaban J connectivity index is 1.88. The molecule has 4 rings (SSSR count). The zero-order chi connectivity index (χ0) is 29.0. The number of sulfone groups is 1. The van der Waals surface area contributed by atoms with Crippen LogP contribution in [0.3, 0.4) is 0 Å². The van der Waals surface area contributed by atoms with E-state index >= 15 is 0 Å². The first-order valence-electron chi connectivity index (χ1n) is 10.4. The summed E-state index contributed by atoms with van der Waals surface area (Å²) in [7, 11) is -9.18. The molecule has 0 bridgehead atoms. The standard InChI is InChI=1S/C23H14ClF6NO6S2/c24-13-1-4-15(5-2-13)39(35,36)20-10-31-19-6-3-14(9-16(19)20)37-21-17(22(25,26)27)7-12(11-38(32,33)34)8-18(21)23(28,29)30/h1-10,31H,11H2,(H,32,33,34). The van der Waals surface area contributed by atoms with Gasteiger partial charge in [0.15, 0.2) is 5.75 Å². The van der Waals surface area contributed by atoms with Gasteiger partial charge in [0.1, 0.15) is 11.5 Å². The zero-order valence-corrected chi connectivity index (χ0v) is 21.3. The van der Waals surface area contributed by atoms with Crippen LogP contribution >= 0.6 is 11.6 Å². The van der Waals surface area contributed by atoms with E-state index in [1.165, 1.54) is 30.3 Å². The third kappa shape index (κ3) is 6.16. The summed E-state index contributed by atoms with van der Waals surface area (Å²) >= 11 is 5.79. The monoisotopic (exact) mass is 613 g/mol. The van der Waals surface area contributed by atoms with Gasteiger partial charge in [0.25, 0.3) is 10.1 Å². The second-order valence-corrected chi connectivity index (χ2v) is 12.0. The Bertz CT molecular complexity index is 1750. The lowest BCUT2D eigenvalue weighted by molar-refractivity contribution is -0.145. The van der Waals surface area contributed by atoms with Gasteiger partial charge in [-0.05, 0) is 60.2 Å². The molecule has 0 radical (unpaired) electrons. The van der Waals surface area contributed by atoms with Crippen LogP contribution in [0.5, 0.6) is 11.5 Å². The summed E-state index contributed by atoms with van der Waals surface area (Å²) in [6.07, 6.45) is -9.78. The lowest BCUT2D eigenvalue weighted by atomic mass is 10.0. The SMILES string of the molecule is O=S(=O)(O)Cc1cc(C(F)(F)F)c(Oc2ccc3[nH]cc(S(=O)(=O)c4ccc(Cl)cc4)c3c2)c(C(F)(F)F)c1. The Hall–Kier alpha value is -3.27. The van der Waals surface area contributed by atoms with Gasteiger partial charge in [0.05, 0.1) is 20.9 Å². The summed E-state index contributed by atoms with van der Waals surface area (Å²) < 4.78 is 145. The highest BCUT2D eigenvalue weighted by molar-refractivity contribution is 7.91. The largest absolute Gasteiger partial charge is 0.456 e. The molecule has 0 saturated heterocycles. The molecule has 39 heavy (non-hydrogen) atoms. The first-order valence-corrected chi connectivity index (χ1v) is 13.9. The Kier molecular flexibility index (Phi) is 7.17. The minimum absolute atomic E-state index is 0.0902. The number of ether oxygens (including phenoxy) is 1. The smallest absolute Gasteiger partial charge is 0.420 e. The van der Waals surface area contributed by atoms with E-state index in [1.54, 1.807) is 0 Å². The van der Waals surface area contributed by atoms with Crippen LogP contribution in [0.2, 0.25) is 5.02 Å². The van der Waals surface area contributed by atoms with Crippen molar-refractivity contribution in [3.8, 4) is 11.5 Å². The summed E-state index contributed by atoms with van der Waals surface area (Å²) in [6.45, 7) is 0. The van der Waals surface area contributed by atoms with Crippen molar-refractivity contribution in [2.75, 3.05) is 0 Å². The molecular formula is C23H14ClF6NO6S2. The van der Waals surface area contributed by atoms with Crippen molar-refractivity contribution in [2.45, 2.75) is 27.9 Å². The van der Waals surface area contributed by atoms with Crippen LogP contribution in [0.1, 0.15) is 16.7 Å². The third-order valence-electron chi connectivity index (χ3n) is 5.36. The van der Waals surface area contributed by atoms with Crippen molar-refractivity contribution in [3.05, 3.63) is 82.5 Å². The number of aromatic nitrogens is 1. The van der Waals surface area contributed by atoms with Crippen LogP contribution in [-0.2, 0) is 38.1 Å². The molecule has 0 aliphatic carbocycles. The van der Waals surface area contributed by atoms with E-state index in [-0.39, 0.29) is 37.8 Å². The number of hydrogen-bond acceptors (Lipinski definition) is 5. The quantitative estimate of drug-likeness (QED) is 0.181. The predicted molar refractivity (Wildman–Crippen MR) is 127 cm³/mol. The Morgan fingerprint density at radius 2 is 1.41 bits per heavy atom. The summed E-state index contributed by atoms with van der Waals surface area (Å²) in [5.74, 6) is -3.78. The van der Waals surface area contributed by atoms with Gasteiger partial charge in [0, 0.05) is 22.1 Å². The average Bonchev–Trinajstić information content (AvgIpc) is 3.22. The molecule has 2 N–H and O–H groups in total. The lowest BCUT2D eigenvalue weighted by Gasteiger charge is -2.20. The van der Waals surface area contributed by atoms with Crippen LogP contribution in [-0.4, -0.2) is 26.4 Å². The highest BCUT2D eigenvalue weighted by Gasteiger charge is 2.43. The van der Waals surface area contributed by atoms with Crippen LogP contribution in [0.25, 0.3) is 10.9 Å². The highest BCUT2D eigenvalue weighted by atomic mass is 35.5. The molecule has 7 nitrogen and oxygen atoms in total. The molecule has 0 atom stereocenters. The first-order chi connectivity index (χ1) is 17.9. The van der Waals surface area contributed by atoms with Crippen molar-refractivity contribution in [3.63, 3.8) is 0 Å². The van der Waals surface area contributed by atoms with E-state index in [9.17, 15) is 43.2 Å². The van der Waals surface area contributed by atoms with Gasteiger partial charge >= 0.3 is 12.4 Å². The predicted octanol–water partition coefficient (Wildman–Crippen LogP) is 6.87. The van der Waals surface area contributed by atoms with E-state index in [4.69, 9.17) is 20.9 Å².